The first kappa shape index (κ1) is 69.8. The Bertz CT molecular complexity index is 1160. The van der Waals surface area contributed by atoms with Crippen LogP contribution in [0.3, 0.4) is 0 Å². The van der Waals surface area contributed by atoms with Crippen LogP contribution in [0.25, 0.3) is 0 Å². The zero-order valence-electron chi connectivity index (χ0n) is 28.5. The van der Waals surface area contributed by atoms with Crippen LogP contribution in [0.2, 0.25) is 0 Å². The predicted octanol–water partition coefficient (Wildman–Crippen LogP) is 15.0. The van der Waals surface area contributed by atoms with Crippen LogP contribution in [0.15, 0.2) is 141 Å². The van der Waals surface area contributed by atoms with E-state index >= 15 is 0 Å². The fourth-order valence-corrected chi connectivity index (χ4v) is 5.04. The SMILES string of the molecule is C.C.C.C.C.C.C.C.C=CC(=C)C.C=CC(C)(CC(C)C(=C)C)CC(CC)c1ccccc1.CCC(C[CH-]c1ccccc1)c1ccccc1.[Li+]. The minimum Gasteiger partial charge on any atom is -0.192 e. The molecule has 0 fully saturated rings. The minimum atomic E-state index is 0. The molecule has 1 heteroatoms. The molecule has 0 spiro atoms. The monoisotopic (exact) mass is 697 g/mol. The topological polar surface area (TPSA) is 0 Å². The first-order chi connectivity index (χ1) is 20.1. The maximum Gasteiger partial charge on any atom is 1.00 e. The molecule has 0 aromatic heterocycles. The molecule has 290 valence electrons. The Kier molecular flexibility index (Phi) is 54.6. The van der Waals surface area contributed by atoms with Crippen molar-refractivity contribution in [2.45, 2.75) is 145 Å². The number of allylic oxidation sites excluding steroid dienone is 4. The van der Waals surface area contributed by atoms with E-state index in [0.717, 1.165) is 24.8 Å². The normalized spacial score (nSPS) is 11.3. The van der Waals surface area contributed by atoms with Gasteiger partial charge in [-0.15, -0.1) is 18.7 Å². The van der Waals surface area contributed by atoms with Crippen LogP contribution in [0.5, 0.6) is 0 Å². The summed E-state index contributed by atoms with van der Waals surface area (Å²) in [4.78, 5) is 0. The van der Waals surface area contributed by atoms with Crippen LogP contribution < -0.4 is 18.9 Å². The van der Waals surface area contributed by atoms with Gasteiger partial charge in [0.15, 0.2) is 0 Å². The van der Waals surface area contributed by atoms with Crippen LogP contribution in [0.4, 0.5) is 0 Å². The molecule has 0 aliphatic heterocycles. The summed E-state index contributed by atoms with van der Waals surface area (Å²) >= 11 is 0. The van der Waals surface area contributed by atoms with Gasteiger partial charge in [0.2, 0.25) is 0 Å². The number of benzene rings is 3. The first-order valence-corrected chi connectivity index (χ1v) is 15.6. The molecule has 0 bridgehead atoms. The number of hydrogen-bond donors (Lipinski definition) is 0. The molecule has 0 saturated heterocycles. The molecular weight excluding hydrogens is 607 g/mol. The number of hydrogen-bond acceptors (Lipinski definition) is 0. The Morgan fingerprint density at radius 2 is 1.00 bits per heavy atom. The fraction of sp³-hybridized carbons (Fsp3) is 0.460. The van der Waals surface area contributed by atoms with E-state index < -0.39 is 0 Å². The molecular formula is C50H89Li. The van der Waals surface area contributed by atoms with Gasteiger partial charge >= 0.3 is 18.9 Å². The summed E-state index contributed by atoms with van der Waals surface area (Å²) in [6.07, 6.45) is 12.0. The van der Waals surface area contributed by atoms with Crippen molar-refractivity contribution in [3.8, 4) is 0 Å². The molecule has 4 unspecified atom stereocenters. The fourth-order valence-electron chi connectivity index (χ4n) is 5.04. The van der Waals surface area contributed by atoms with E-state index in [1.165, 1.54) is 35.1 Å². The smallest absolute Gasteiger partial charge is 0.192 e. The molecule has 3 aromatic rings. The number of rotatable bonds is 14. The van der Waals surface area contributed by atoms with Gasteiger partial charge in [-0.1, -0.05) is 203 Å². The van der Waals surface area contributed by atoms with Crippen LogP contribution >= 0.6 is 0 Å². The predicted molar refractivity (Wildman–Crippen MR) is 244 cm³/mol. The van der Waals surface area contributed by atoms with Crippen LogP contribution in [-0.4, -0.2) is 0 Å². The third kappa shape index (κ3) is 29.4. The van der Waals surface area contributed by atoms with Crippen molar-refractivity contribution >= 4 is 0 Å². The summed E-state index contributed by atoms with van der Waals surface area (Å²) in [7, 11) is 0. The Hall–Kier alpha value is -2.91. The van der Waals surface area contributed by atoms with Gasteiger partial charge in [-0.3, -0.25) is 0 Å². The van der Waals surface area contributed by atoms with Crippen LogP contribution in [0, 0.1) is 17.8 Å². The molecule has 3 aromatic carbocycles. The van der Waals surface area contributed by atoms with Crippen molar-refractivity contribution in [3.63, 3.8) is 0 Å². The summed E-state index contributed by atoms with van der Waals surface area (Å²) in [6, 6.07) is 32.2. The first-order valence-electron chi connectivity index (χ1n) is 15.6. The second kappa shape index (κ2) is 39.9. The summed E-state index contributed by atoms with van der Waals surface area (Å²) < 4.78 is 0. The van der Waals surface area contributed by atoms with E-state index in [9.17, 15) is 0 Å². The zero-order chi connectivity index (χ0) is 31.4. The van der Waals surface area contributed by atoms with Crippen molar-refractivity contribution in [2.24, 2.45) is 11.3 Å². The second-order valence-corrected chi connectivity index (χ2v) is 11.9. The van der Waals surface area contributed by atoms with Gasteiger partial charge in [0.1, 0.15) is 0 Å². The van der Waals surface area contributed by atoms with Gasteiger partial charge in [-0.25, -0.2) is 0 Å². The van der Waals surface area contributed by atoms with E-state index in [2.05, 4.69) is 164 Å². The van der Waals surface area contributed by atoms with Crippen LogP contribution in [0.1, 0.15) is 162 Å². The molecule has 0 radical (unpaired) electrons. The summed E-state index contributed by atoms with van der Waals surface area (Å²) in [6.45, 7) is 28.4. The van der Waals surface area contributed by atoms with E-state index in [1.807, 2.05) is 6.92 Å². The van der Waals surface area contributed by atoms with Crippen molar-refractivity contribution < 1.29 is 18.9 Å². The Morgan fingerprint density at radius 1 is 0.647 bits per heavy atom. The van der Waals surface area contributed by atoms with E-state index in [4.69, 9.17) is 0 Å². The molecule has 0 nitrogen and oxygen atoms in total. The summed E-state index contributed by atoms with van der Waals surface area (Å²) in [5.74, 6) is 1.79. The third-order valence-corrected chi connectivity index (χ3v) is 8.13. The molecule has 51 heavy (non-hydrogen) atoms. The Labute approximate surface area is 337 Å². The van der Waals surface area contributed by atoms with Gasteiger partial charge in [0, 0.05) is 0 Å². The maximum atomic E-state index is 4.10. The van der Waals surface area contributed by atoms with Crippen molar-refractivity contribution in [1.29, 1.82) is 0 Å². The zero-order valence-corrected chi connectivity index (χ0v) is 28.5. The molecule has 3 rings (SSSR count). The van der Waals surface area contributed by atoms with Gasteiger partial charge in [0.25, 0.3) is 0 Å². The second-order valence-electron chi connectivity index (χ2n) is 11.9. The van der Waals surface area contributed by atoms with Crippen molar-refractivity contribution in [2.75, 3.05) is 0 Å². The van der Waals surface area contributed by atoms with Crippen molar-refractivity contribution in [1.82, 2.24) is 0 Å². The standard InChI is InChI=1S/C20H30.C17H19.C5H8.8CH4.Li/c1-7-18(19-12-10-9-11-13-19)15-20(6,8-2)14-17(5)16(3)4;1-2-16(17-11-7-4-8-12-17)14-13-15-9-5-3-6-10-15;1-4-5(2)3;;;;;;;;;/h8-13,17-18H,2-3,7,14-15H2,1,4-6H3;3-13,16H,2,14H2,1H3;4H,1-2H2,3H3;8*1H4;/q;-1;;;;;;;;;;+1. The third-order valence-electron chi connectivity index (χ3n) is 8.13. The van der Waals surface area contributed by atoms with E-state index in [1.54, 1.807) is 6.08 Å². The summed E-state index contributed by atoms with van der Waals surface area (Å²) in [5, 5.41) is 0. The molecule has 4 atom stereocenters. The molecule has 0 aliphatic carbocycles. The Balaban J connectivity index is -0.0000000757. The minimum absolute atomic E-state index is 0. The molecule has 0 heterocycles. The van der Waals surface area contributed by atoms with Crippen molar-refractivity contribution in [3.05, 3.63) is 164 Å². The van der Waals surface area contributed by atoms with Gasteiger partial charge in [-0.2, -0.15) is 24.1 Å². The van der Waals surface area contributed by atoms with Gasteiger partial charge in [-0.05, 0) is 73.8 Å². The van der Waals surface area contributed by atoms with Crippen LogP contribution in [-0.2, 0) is 0 Å². The average molecular weight is 697 g/mol. The quantitative estimate of drug-likeness (QED) is 0.0681. The van der Waals surface area contributed by atoms with Gasteiger partial charge < -0.3 is 0 Å². The van der Waals surface area contributed by atoms with E-state index in [-0.39, 0.29) is 83.7 Å². The largest absolute Gasteiger partial charge is 1.00 e. The Morgan fingerprint density at radius 3 is 1.31 bits per heavy atom. The average Bonchev–Trinajstić information content (AvgIpc) is 3.02. The van der Waals surface area contributed by atoms with Gasteiger partial charge in [0.05, 0.1) is 0 Å². The molecule has 0 amide bonds. The van der Waals surface area contributed by atoms with E-state index in [0.29, 0.717) is 17.8 Å². The molecule has 0 N–H and O–H groups in total. The molecule has 0 saturated carbocycles. The maximum absolute atomic E-state index is 4.10. The molecule has 0 aliphatic rings. The summed E-state index contributed by atoms with van der Waals surface area (Å²) in [5.41, 5.74) is 6.68.